The zero-order valence-electron chi connectivity index (χ0n) is 13.1. The minimum Gasteiger partial charge on any atom is -0.330 e. The molecule has 0 aliphatic rings. The van der Waals surface area contributed by atoms with Crippen LogP contribution in [0.2, 0.25) is 0 Å². The van der Waals surface area contributed by atoms with Crippen LogP contribution in [0.5, 0.6) is 0 Å². The minimum atomic E-state index is 0.282. The molecule has 1 rings (SSSR count). The zero-order chi connectivity index (χ0) is 15.0. The van der Waals surface area contributed by atoms with Crippen LogP contribution < -0.4 is 5.73 Å². The number of nitrogens with two attached hydrogens (primary N) is 1. The number of hydrogen-bond acceptors (Lipinski definition) is 3. The van der Waals surface area contributed by atoms with Crippen molar-refractivity contribution in [1.29, 1.82) is 0 Å². The summed E-state index contributed by atoms with van der Waals surface area (Å²) in [5, 5.41) is 0. The Morgan fingerprint density at radius 1 is 1.30 bits per heavy atom. The van der Waals surface area contributed by atoms with Crippen molar-refractivity contribution in [1.82, 2.24) is 4.98 Å². The second-order valence-corrected chi connectivity index (χ2v) is 5.85. The molecule has 0 aliphatic heterocycles. The fourth-order valence-corrected chi connectivity index (χ4v) is 2.43. The van der Waals surface area contributed by atoms with Gasteiger partial charge in [0.2, 0.25) is 0 Å². The molecule has 1 heterocycles. The quantitative estimate of drug-likeness (QED) is 0.753. The third-order valence-electron chi connectivity index (χ3n) is 3.95. The fraction of sp³-hybridized carbons (Fsp3) is 0.647. The zero-order valence-corrected chi connectivity index (χ0v) is 13.1. The molecule has 1 aromatic rings. The first-order valence-corrected chi connectivity index (χ1v) is 7.72. The Kier molecular flexibility index (Phi) is 7.45. The SMILES string of the molecule is CCc1ccc(CC(=O)CCC(CCN)C(C)C)nc1. The first-order chi connectivity index (χ1) is 9.56. The third kappa shape index (κ3) is 5.83. The summed E-state index contributed by atoms with van der Waals surface area (Å²) >= 11 is 0. The lowest BCUT2D eigenvalue weighted by atomic mass is 9.87. The number of carbonyl (C=O) groups excluding carboxylic acids is 1. The van der Waals surface area contributed by atoms with Crippen molar-refractivity contribution in [3.63, 3.8) is 0 Å². The van der Waals surface area contributed by atoms with Gasteiger partial charge >= 0.3 is 0 Å². The van der Waals surface area contributed by atoms with Crippen LogP contribution >= 0.6 is 0 Å². The highest BCUT2D eigenvalue weighted by Gasteiger charge is 2.14. The number of hydrogen-bond donors (Lipinski definition) is 1. The average Bonchev–Trinajstić information content (AvgIpc) is 2.44. The monoisotopic (exact) mass is 276 g/mol. The van der Waals surface area contributed by atoms with Crippen molar-refractivity contribution in [2.24, 2.45) is 17.6 Å². The van der Waals surface area contributed by atoms with Crippen molar-refractivity contribution in [3.05, 3.63) is 29.6 Å². The maximum atomic E-state index is 12.0. The number of aryl methyl sites for hydroxylation is 1. The van der Waals surface area contributed by atoms with Gasteiger partial charge in [0.05, 0.1) is 0 Å². The maximum absolute atomic E-state index is 12.0. The lowest BCUT2D eigenvalue weighted by Gasteiger charge is -2.19. The lowest BCUT2D eigenvalue weighted by Crippen LogP contribution is -2.16. The summed E-state index contributed by atoms with van der Waals surface area (Å²) in [6, 6.07) is 4.03. The van der Waals surface area contributed by atoms with Crippen molar-refractivity contribution >= 4 is 5.78 Å². The molecule has 3 heteroatoms. The van der Waals surface area contributed by atoms with Gasteiger partial charge in [-0.15, -0.1) is 0 Å². The topological polar surface area (TPSA) is 56.0 Å². The number of pyridine rings is 1. The van der Waals surface area contributed by atoms with Crippen LogP contribution in [-0.2, 0) is 17.6 Å². The summed E-state index contributed by atoms with van der Waals surface area (Å²) in [4.78, 5) is 16.4. The molecular weight excluding hydrogens is 248 g/mol. The van der Waals surface area contributed by atoms with Crippen LogP contribution in [0, 0.1) is 11.8 Å². The minimum absolute atomic E-state index is 0.282. The van der Waals surface area contributed by atoms with Gasteiger partial charge in [0.1, 0.15) is 5.78 Å². The van der Waals surface area contributed by atoms with Gasteiger partial charge < -0.3 is 5.73 Å². The molecule has 0 saturated carbocycles. The molecule has 0 aliphatic carbocycles. The molecule has 2 N–H and O–H groups in total. The Balaban J connectivity index is 2.42. The number of ketones is 1. The summed E-state index contributed by atoms with van der Waals surface area (Å²) in [6.45, 7) is 7.22. The van der Waals surface area contributed by atoms with Crippen molar-refractivity contribution in [2.75, 3.05) is 6.54 Å². The lowest BCUT2D eigenvalue weighted by molar-refractivity contribution is -0.118. The smallest absolute Gasteiger partial charge is 0.138 e. The Morgan fingerprint density at radius 2 is 2.05 bits per heavy atom. The Morgan fingerprint density at radius 3 is 2.55 bits per heavy atom. The highest BCUT2D eigenvalue weighted by molar-refractivity contribution is 5.80. The molecule has 0 amide bonds. The summed E-state index contributed by atoms with van der Waals surface area (Å²) in [5.41, 5.74) is 7.72. The van der Waals surface area contributed by atoms with Crippen molar-refractivity contribution in [2.45, 2.75) is 52.9 Å². The van der Waals surface area contributed by atoms with E-state index in [2.05, 4.69) is 31.8 Å². The van der Waals surface area contributed by atoms with Crippen molar-refractivity contribution in [3.8, 4) is 0 Å². The Hall–Kier alpha value is -1.22. The first kappa shape index (κ1) is 16.8. The van der Waals surface area contributed by atoms with Gasteiger partial charge in [0.25, 0.3) is 0 Å². The fourth-order valence-electron chi connectivity index (χ4n) is 2.43. The maximum Gasteiger partial charge on any atom is 0.138 e. The van der Waals surface area contributed by atoms with Gasteiger partial charge in [-0.05, 0) is 49.3 Å². The molecule has 0 saturated heterocycles. The number of carbonyl (C=O) groups is 1. The summed E-state index contributed by atoms with van der Waals surface area (Å²) in [5.74, 6) is 1.43. The highest BCUT2D eigenvalue weighted by atomic mass is 16.1. The Labute approximate surface area is 123 Å². The molecule has 1 unspecified atom stereocenters. The second-order valence-electron chi connectivity index (χ2n) is 5.85. The third-order valence-corrected chi connectivity index (χ3v) is 3.95. The normalized spacial score (nSPS) is 12.7. The summed E-state index contributed by atoms with van der Waals surface area (Å²) in [6.07, 6.45) is 5.90. The number of aromatic nitrogens is 1. The van der Waals surface area contributed by atoms with Crippen LogP contribution in [0.25, 0.3) is 0 Å². The molecule has 112 valence electrons. The van der Waals surface area contributed by atoms with Gasteiger partial charge in [0.15, 0.2) is 0 Å². The molecule has 3 nitrogen and oxygen atoms in total. The van der Waals surface area contributed by atoms with E-state index in [-0.39, 0.29) is 5.78 Å². The van der Waals surface area contributed by atoms with Gasteiger partial charge in [-0.2, -0.15) is 0 Å². The van der Waals surface area contributed by atoms with E-state index in [1.165, 1.54) is 5.56 Å². The van der Waals surface area contributed by atoms with E-state index in [9.17, 15) is 4.79 Å². The van der Waals surface area contributed by atoms with E-state index in [4.69, 9.17) is 5.73 Å². The van der Waals surface area contributed by atoms with Crippen LogP contribution in [0.4, 0.5) is 0 Å². The Bertz CT molecular complexity index is 398. The van der Waals surface area contributed by atoms with Crippen LogP contribution in [0.3, 0.4) is 0 Å². The van der Waals surface area contributed by atoms with Crippen LogP contribution in [0.1, 0.15) is 51.3 Å². The van der Waals surface area contributed by atoms with Crippen LogP contribution in [-0.4, -0.2) is 17.3 Å². The van der Waals surface area contributed by atoms with Gasteiger partial charge in [0, 0.05) is 24.7 Å². The second kappa shape index (κ2) is 8.85. The highest BCUT2D eigenvalue weighted by Crippen LogP contribution is 2.20. The molecule has 20 heavy (non-hydrogen) atoms. The number of Topliss-reactive ketones (excluding diaryl/α,β-unsaturated/α-hetero) is 1. The molecular formula is C17H28N2O. The molecule has 1 atom stereocenters. The van der Waals surface area contributed by atoms with E-state index < -0.39 is 0 Å². The van der Waals surface area contributed by atoms with E-state index in [0.717, 1.165) is 25.0 Å². The molecule has 1 aromatic heterocycles. The van der Waals surface area contributed by atoms with Gasteiger partial charge in [-0.3, -0.25) is 9.78 Å². The van der Waals surface area contributed by atoms with Crippen molar-refractivity contribution < 1.29 is 4.79 Å². The number of nitrogens with zero attached hydrogens (tertiary/aromatic N) is 1. The molecule has 0 fully saturated rings. The standard InChI is InChI=1S/C17H28N2O/c1-4-14-5-7-16(19-12-14)11-17(20)8-6-15(9-10-18)13(2)3/h5,7,12-13,15H,4,6,8-11,18H2,1-3H3. The summed E-state index contributed by atoms with van der Waals surface area (Å²) < 4.78 is 0. The van der Waals surface area contributed by atoms with E-state index in [0.29, 0.717) is 31.2 Å². The largest absolute Gasteiger partial charge is 0.330 e. The predicted molar refractivity (Wildman–Crippen MR) is 83.6 cm³/mol. The molecule has 0 aromatic carbocycles. The first-order valence-electron chi connectivity index (χ1n) is 7.72. The summed E-state index contributed by atoms with van der Waals surface area (Å²) in [7, 11) is 0. The van der Waals surface area contributed by atoms with Gasteiger partial charge in [-0.25, -0.2) is 0 Å². The van der Waals surface area contributed by atoms with E-state index >= 15 is 0 Å². The molecule has 0 radical (unpaired) electrons. The molecule has 0 bridgehead atoms. The molecule has 0 spiro atoms. The van der Waals surface area contributed by atoms with Crippen LogP contribution in [0.15, 0.2) is 18.3 Å². The van der Waals surface area contributed by atoms with E-state index in [1.54, 1.807) is 0 Å². The predicted octanol–water partition coefficient (Wildman–Crippen LogP) is 3.16. The average molecular weight is 276 g/mol. The van der Waals surface area contributed by atoms with Gasteiger partial charge in [-0.1, -0.05) is 26.8 Å². The number of rotatable bonds is 9. The van der Waals surface area contributed by atoms with E-state index in [1.807, 2.05) is 12.3 Å².